The fourth-order valence-electron chi connectivity index (χ4n) is 4.17. The number of ether oxygens (including phenoxy) is 1. The number of hydrogen-bond donors (Lipinski definition) is 3. The molecule has 4 rings (SSSR count). The summed E-state index contributed by atoms with van der Waals surface area (Å²) >= 11 is 0. The molecule has 0 aliphatic heterocycles. The Balaban J connectivity index is 1.78. The summed E-state index contributed by atoms with van der Waals surface area (Å²) in [4.78, 5) is 16.7. The largest absolute Gasteiger partial charge is 0.494 e. The van der Waals surface area contributed by atoms with E-state index < -0.39 is 70.5 Å². The molecule has 3 N–H and O–H groups in total. The first kappa shape index (κ1) is 31.6. The average molecular weight is 613 g/mol. The number of carbonyl (C=O) groups excluding carboxylic acids is 1. The molecule has 2 aromatic carbocycles. The smallest absolute Gasteiger partial charge is 0.424 e. The van der Waals surface area contributed by atoms with E-state index in [4.69, 9.17) is 4.74 Å². The first-order valence-electron chi connectivity index (χ1n) is 12.4. The van der Waals surface area contributed by atoms with Gasteiger partial charge in [-0.3, -0.25) is 4.79 Å². The Labute approximate surface area is 239 Å². The van der Waals surface area contributed by atoms with Gasteiger partial charge in [0.25, 0.3) is 12.3 Å². The summed E-state index contributed by atoms with van der Waals surface area (Å²) < 4.78 is 104. The van der Waals surface area contributed by atoms with E-state index in [9.17, 15) is 41.4 Å². The van der Waals surface area contributed by atoms with Gasteiger partial charge in [-0.15, -0.1) is 10.2 Å². The highest BCUT2D eigenvalue weighted by atomic mass is 19.4. The maximum atomic E-state index is 15.4. The second kappa shape index (κ2) is 11.4. The lowest BCUT2D eigenvalue weighted by atomic mass is 9.90. The van der Waals surface area contributed by atoms with E-state index >= 15 is 4.39 Å². The number of halogens is 7. The van der Waals surface area contributed by atoms with Crippen LogP contribution >= 0.6 is 0 Å². The van der Waals surface area contributed by atoms with Gasteiger partial charge in [0.2, 0.25) is 5.60 Å². The third-order valence-electron chi connectivity index (χ3n) is 6.51. The van der Waals surface area contributed by atoms with Crippen molar-refractivity contribution in [2.45, 2.75) is 37.7 Å². The molecular weight excluding hydrogens is 589 g/mol. The number of methoxy groups -OCH3 is 1. The minimum absolute atomic E-state index is 0.00164. The summed E-state index contributed by atoms with van der Waals surface area (Å²) in [6, 6.07) is 7.51. The molecule has 15 heteroatoms. The average Bonchev–Trinajstić information content (AvgIpc) is 2.94. The molecule has 228 valence electrons. The van der Waals surface area contributed by atoms with Crippen molar-refractivity contribution in [2.24, 2.45) is 0 Å². The summed E-state index contributed by atoms with van der Waals surface area (Å²) in [5.74, 6) is -3.21. The van der Waals surface area contributed by atoms with Crippen LogP contribution in [-0.2, 0) is 11.2 Å². The molecule has 4 aromatic rings. The van der Waals surface area contributed by atoms with Crippen molar-refractivity contribution in [3.05, 3.63) is 82.7 Å². The Bertz CT molecular complexity index is 1680. The fourth-order valence-corrected chi connectivity index (χ4v) is 4.17. The van der Waals surface area contributed by atoms with Crippen LogP contribution in [-0.4, -0.2) is 51.1 Å². The second-order valence-corrected chi connectivity index (χ2v) is 10.0. The van der Waals surface area contributed by atoms with Crippen molar-refractivity contribution in [2.75, 3.05) is 13.7 Å². The van der Waals surface area contributed by atoms with Crippen molar-refractivity contribution in [3.63, 3.8) is 0 Å². The number of nitrogens with one attached hydrogen (secondary N) is 1. The predicted octanol–water partition coefficient (Wildman–Crippen LogP) is 5.32. The lowest BCUT2D eigenvalue weighted by Crippen LogP contribution is -2.51. The van der Waals surface area contributed by atoms with Crippen LogP contribution in [0.4, 0.5) is 30.7 Å². The molecule has 0 saturated carbocycles. The number of benzene rings is 2. The number of hydrogen-bond acceptors (Lipinski definition) is 7. The summed E-state index contributed by atoms with van der Waals surface area (Å²) in [6.07, 6.45) is -8.51. The molecule has 0 aliphatic rings. The minimum Gasteiger partial charge on any atom is -0.494 e. The highest BCUT2D eigenvalue weighted by molar-refractivity contribution is 5.99. The number of aromatic nitrogens is 3. The molecule has 0 bridgehead atoms. The van der Waals surface area contributed by atoms with Gasteiger partial charge in [-0.25, -0.2) is 22.5 Å². The summed E-state index contributed by atoms with van der Waals surface area (Å²) in [5, 5.41) is 30.4. The monoisotopic (exact) mass is 612 g/mol. The van der Waals surface area contributed by atoms with E-state index in [0.29, 0.717) is 6.07 Å². The molecule has 2 aromatic heterocycles. The number of nitrogens with zero attached hydrogens (tertiary/aromatic N) is 3. The predicted molar refractivity (Wildman–Crippen MR) is 138 cm³/mol. The molecule has 0 saturated heterocycles. The van der Waals surface area contributed by atoms with Gasteiger partial charge < -0.3 is 20.3 Å². The van der Waals surface area contributed by atoms with Crippen molar-refractivity contribution >= 4 is 16.8 Å². The molecule has 8 nitrogen and oxygen atoms in total. The number of alkyl halides is 5. The van der Waals surface area contributed by atoms with Crippen LogP contribution in [0.15, 0.2) is 48.5 Å². The van der Waals surface area contributed by atoms with Crippen LogP contribution in [0, 0.1) is 11.6 Å². The molecule has 43 heavy (non-hydrogen) atoms. The van der Waals surface area contributed by atoms with Crippen LogP contribution in [0.1, 0.15) is 47.6 Å². The molecule has 1 atom stereocenters. The lowest BCUT2D eigenvalue weighted by molar-refractivity contribution is -0.265. The van der Waals surface area contributed by atoms with Crippen molar-refractivity contribution < 1.29 is 50.5 Å². The van der Waals surface area contributed by atoms with Gasteiger partial charge >= 0.3 is 6.18 Å². The minimum atomic E-state index is -5.51. The molecule has 0 fully saturated rings. The van der Waals surface area contributed by atoms with E-state index in [0.717, 1.165) is 56.3 Å². The van der Waals surface area contributed by atoms with Gasteiger partial charge in [-0.1, -0.05) is 0 Å². The highest BCUT2D eigenvalue weighted by Gasteiger charge is 2.57. The molecule has 0 spiro atoms. The van der Waals surface area contributed by atoms with Crippen molar-refractivity contribution in [1.82, 2.24) is 20.5 Å². The fraction of sp³-hybridized carbons (Fsp3) is 0.286. The van der Waals surface area contributed by atoms with Crippen LogP contribution in [0.25, 0.3) is 22.2 Å². The van der Waals surface area contributed by atoms with Gasteiger partial charge in [-0.05, 0) is 62.4 Å². The quantitative estimate of drug-likeness (QED) is 0.231. The zero-order chi connectivity index (χ0) is 31.9. The number of amides is 1. The van der Waals surface area contributed by atoms with Gasteiger partial charge in [0.1, 0.15) is 28.5 Å². The molecule has 1 amide bonds. The van der Waals surface area contributed by atoms with Gasteiger partial charge in [0.05, 0.1) is 24.9 Å². The van der Waals surface area contributed by atoms with Crippen LogP contribution in [0.3, 0.4) is 0 Å². The standard InChI is InChI=1S/C28H23F7N4O4/c1-26(2,41)17-11-20(37-23(21(17)30)13-4-6-16(29)7-5-13)27(42,28(33,34)35)12-36-25(40)15-8-14-9-18(24(31)32)38-39-22(14)19(10-15)43-3/h4-11,24,41-42H,12H2,1-3H3,(H,36,40). The number of fused-ring (bicyclic) bond motifs is 1. The molecular formula is C28H23F7N4O4. The Morgan fingerprint density at radius 1 is 1.00 bits per heavy atom. The first-order chi connectivity index (χ1) is 20.0. The van der Waals surface area contributed by atoms with E-state index in [1.54, 1.807) is 0 Å². The van der Waals surface area contributed by atoms with E-state index in [1.165, 1.54) is 7.11 Å². The topological polar surface area (TPSA) is 117 Å². The Hall–Kier alpha value is -4.37. The van der Waals surface area contributed by atoms with Crippen molar-refractivity contribution in [3.8, 4) is 17.0 Å². The van der Waals surface area contributed by atoms with Gasteiger partial charge in [-0.2, -0.15) is 13.2 Å². The van der Waals surface area contributed by atoms with E-state index in [1.807, 2.05) is 5.32 Å². The summed E-state index contributed by atoms with van der Waals surface area (Å²) in [5.41, 5.74) is -9.77. The van der Waals surface area contributed by atoms with Crippen molar-refractivity contribution in [1.29, 1.82) is 0 Å². The number of carbonyl (C=O) groups is 1. The van der Waals surface area contributed by atoms with Gasteiger partial charge in [0, 0.05) is 22.1 Å². The summed E-state index contributed by atoms with van der Waals surface area (Å²) in [7, 11) is 1.18. The zero-order valence-corrected chi connectivity index (χ0v) is 22.6. The Morgan fingerprint density at radius 2 is 1.65 bits per heavy atom. The summed E-state index contributed by atoms with van der Waals surface area (Å²) in [6.45, 7) is 0.642. The number of rotatable bonds is 8. The molecule has 0 aliphatic carbocycles. The molecule has 1 unspecified atom stereocenters. The lowest BCUT2D eigenvalue weighted by Gasteiger charge is -2.32. The second-order valence-electron chi connectivity index (χ2n) is 10.0. The van der Waals surface area contributed by atoms with Crippen LogP contribution in [0.5, 0.6) is 5.75 Å². The normalized spacial score (nSPS) is 13.7. The van der Waals surface area contributed by atoms with Gasteiger partial charge in [0.15, 0.2) is 5.82 Å². The highest BCUT2D eigenvalue weighted by Crippen LogP contribution is 2.41. The Kier molecular flexibility index (Phi) is 8.35. The third kappa shape index (κ3) is 6.22. The Morgan fingerprint density at radius 3 is 2.21 bits per heavy atom. The van der Waals surface area contributed by atoms with E-state index in [-0.39, 0.29) is 27.8 Å². The maximum Gasteiger partial charge on any atom is 0.424 e. The SMILES string of the molecule is COc1cc(C(=O)NCC(O)(c2cc(C(C)(C)O)c(F)c(-c3ccc(F)cc3)n2)C(F)(F)F)cc2cc(C(F)F)nnc12. The third-order valence-corrected chi connectivity index (χ3v) is 6.51. The number of pyridine rings is 1. The molecule has 0 radical (unpaired) electrons. The van der Waals surface area contributed by atoms with Crippen LogP contribution < -0.4 is 10.1 Å². The molecule has 2 heterocycles. The maximum absolute atomic E-state index is 15.4. The first-order valence-corrected chi connectivity index (χ1v) is 12.4. The van der Waals surface area contributed by atoms with Crippen LogP contribution in [0.2, 0.25) is 0 Å². The van der Waals surface area contributed by atoms with E-state index in [2.05, 4.69) is 15.2 Å². The number of aliphatic hydroxyl groups is 2. The zero-order valence-electron chi connectivity index (χ0n) is 22.6.